The third kappa shape index (κ3) is 14.7. The van der Waals surface area contributed by atoms with Crippen LogP contribution in [0.4, 0.5) is 0 Å². The number of nitrogens with one attached hydrogen (secondary N) is 1. The fourth-order valence-corrected chi connectivity index (χ4v) is 9.00. The van der Waals surface area contributed by atoms with Gasteiger partial charge in [-0.25, -0.2) is 0 Å². The van der Waals surface area contributed by atoms with E-state index in [1.807, 2.05) is 0 Å². The van der Waals surface area contributed by atoms with E-state index < -0.39 is 0 Å². The van der Waals surface area contributed by atoms with E-state index in [1.165, 1.54) is 213 Å². The van der Waals surface area contributed by atoms with E-state index in [9.17, 15) is 0 Å². The van der Waals surface area contributed by atoms with Crippen molar-refractivity contribution in [2.75, 3.05) is 45.8 Å². The molecule has 2 saturated heterocycles. The normalized spacial score (nSPS) is 26.5. The van der Waals surface area contributed by atoms with Gasteiger partial charge in [0.25, 0.3) is 0 Å². The van der Waals surface area contributed by atoms with Crippen LogP contribution in [0.15, 0.2) is 0 Å². The molecule has 0 aromatic rings. The summed E-state index contributed by atoms with van der Waals surface area (Å²) in [6.45, 7) is 16.2. The highest BCUT2D eigenvalue weighted by molar-refractivity contribution is 4.94. The second-order valence-corrected chi connectivity index (χ2v) is 15.2. The minimum absolute atomic E-state index is 0.813. The molecule has 2 aliphatic heterocycles. The number of hydrogen-bond donors (Lipinski definition) is 1. The maximum atomic E-state index is 3.73. The van der Waals surface area contributed by atoms with Crippen LogP contribution in [0.3, 0.4) is 0 Å². The lowest BCUT2D eigenvalue weighted by molar-refractivity contribution is -0.00547. The van der Waals surface area contributed by atoms with Crippen LogP contribution in [0.25, 0.3) is 0 Å². The number of piperazine rings is 2. The van der Waals surface area contributed by atoms with E-state index in [1.54, 1.807) is 0 Å². The van der Waals surface area contributed by atoms with Gasteiger partial charge in [0.1, 0.15) is 0 Å². The first-order chi connectivity index (χ1) is 21.8. The summed E-state index contributed by atoms with van der Waals surface area (Å²) in [5, 5.41) is 3.73. The Morgan fingerprint density at radius 2 is 0.773 bits per heavy atom. The minimum atomic E-state index is 0.813. The monoisotopic (exact) mass is 617 g/mol. The number of nitrogens with zero attached hydrogens (tertiary/aromatic N) is 3. The van der Waals surface area contributed by atoms with Crippen molar-refractivity contribution in [2.24, 2.45) is 0 Å². The fraction of sp³-hybridized carbons (Fsp3) is 1.00. The summed E-state index contributed by atoms with van der Waals surface area (Å²) in [6.07, 6.45) is 37.4. The molecule has 4 rings (SSSR count). The van der Waals surface area contributed by atoms with E-state index in [-0.39, 0.29) is 0 Å². The van der Waals surface area contributed by atoms with Crippen molar-refractivity contribution in [1.82, 2.24) is 20.0 Å². The van der Waals surface area contributed by atoms with Gasteiger partial charge in [-0.3, -0.25) is 14.7 Å². The molecule has 4 aliphatic rings. The van der Waals surface area contributed by atoms with Gasteiger partial charge in [-0.05, 0) is 64.6 Å². The molecule has 4 heteroatoms. The van der Waals surface area contributed by atoms with E-state index in [4.69, 9.17) is 0 Å². The molecule has 4 atom stereocenters. The molecule has 4 fully saturated rings. The Morgan fingerprint density at radius 1 is 0.409 bits per heavy atom. The van der Waals surface area contributed by atoms with Crippen molar-refractivity contribution >= 4 is 0 Å². The molecule has 2 heterocycles. The first-order valence-electron chi connectivity index (χ1n) is 20.7. The predicted molar refractivity (Wildman–Crippen MR) is 195 cm³/mol. The topological polar surface area (TPSA) is 21.8 Å². The molecule has 44 heavy (non-hydrogen) atoms. The lowest BCUT2D eigenvalue weighted by atomic mass is 9.86. The molecule has 2 aliphatic carbocycles. The smallest absolute Gasteiger partial charge is 0.0252 e. The number of fused-ring (bicyclic) bond motifs is 2. The number of hydrogen-bond acceptors (Lipinski definition) is 4. The summed E-state index contributed by atoms with van der Waals surface area (Å²) in [7, 11) is 0. The highest BCUT2D eigenvalue weighted by atomic mass is 15.3. The van der Waals surface area contributed by atoms with E-state index in [0.29, 0.717) is 0 Å². The molecule has 260 valence electrons. The highest BCUT2D eigenvalue weighted by Gasteiger charge is 2.37. The lowest BCUT2D eigenvalue weighted by Crippen LogP contribution is -2.60. The van der Waals surface area contributed by atoms with Crippen molar-refractivity contribution < 1.29 is 0 Å². The minimum Gasteiger partial charge on any atom is -0.311 e. The van der Waals surface area contributed by atoms with Crippen LogP contribution < -0.4 is 5.32 Å². The van der Waals surface area contributed by atoms with Crippen molar-refractivity contribution in [3.63, 3.8) is 0 Å². The molecule has 0 bridgehead atoms. The van der Waals surface area contributed by atoms with Gasteiger partial charge < -0.3 is 5.32 Å². The van der Waals surface area contributed by atoms with Crippen LogP contribution in [-0.2, 0) is 0 Å². The zero-order chi connectivity index (χ0) is 31.1. The molecular weight excluding hydrogens is 536 g/mol. The van der Waals surface area contributed by atoms with E-state index >= 15 is 0 Å². The molecular formula is C40H80N4. The van der Waals surface area contributed by atoms with Gasteiger partial charge in [-0.1, -0.05) is 143 Å². The first kappa shape index (κ1) is 38.3. The van der Waals surface area contributed by atoms with Gasteiger partial charge in [0.2, 0.25) is 0 Å². The summed E-state index contributed by atoms with van der Waals surface area (Å²) >= 11 is 0. The second kappa shape index (κ2) is 24.9. The average molecular weight is 617 g/mol. The second-order valence-electron chi connectivity index (χ2n) is 15.2. The van der Waals surface area contributed by atoms with Crippen molar-refractivity contribution in [3.8, 4) is 0 Å². The highest BCUT2D eigenvalue weighted by Crippen LogP contribution is 2.31. The largest absolute Gasteiger partial charge is 0.311 e. The number of rotatable bonds is 21. The summed E-state index contributed by atoms with van der Waals surface area (Å²) in [4.78, 5) is 8.57. The molecule has 0 radical (unpaired) electrons. The SMILES string of the molecule is CCCCCCCCN1CCN(CCCCCCCC)C2CCCCC21.CCCCCCCCN1CCNC2CCCCC21. The zero-order valence-corrected chi connectivity index (χ0v) is 30.5. The Kier molecular flexibility index (Phi) is 21.7. The summed E-state index contributed by atoms with van der Waals surface area (Å²) in [6, 6.07) is 3.44. The van der Waals surface area contributed by atoms with Crippen LogP contribution in [0.1, 0.15) is 188 Å². The molecule has 2 saturated carbocycles. The Hall–Kier alpha value is -0.160. The molecule has 4 unspecified atom stereocenters. The van der Waals surface area contributed by atoms with Crippen molar-refractivity contribution in [3.05, 3.63) is 0 Å². The van der Waals surface area contributed by atoms with Gasteiger partial charge >= 0.3 is 0 Å². The number of unbranched alkanes of at least 4 members (excludes halogenated alkanes) is 15. The molecule has 0 amide bonds. The zero-order valence-electron chi connectivity index (χ0n) is 30.5. The molecule has 0 aromatic heterocycles. The predicted octanol–water partition coefficient (Wildman–Crippen LogP) is 10.2. The Bertz CT molecular complexity index is 621. The fourth-order valence-electron chi connectivity index (χ4n) is 9.00. The van der Waals surface area contributed by atoms with E-state index in [0.717, 1.165) is 24.2 Å². The van der Waals surface area contributed by atoms with E-state index in [2.05, 4.69) is 40.8 Å². The van der Waals surface area contributed by atoms with Crippen LogP contribution >= 0.6 is 0 Å². The van der Waals surface area contributed by atoms with Crippen LogP contribution in [0, 0.1) is 0 Å². The van der Waals surface area contributed by atoms with Gasteiger partial charge in [0.05, 0.1) is 0 Å². The Morgan fingerprint density at radius 3 is 1.23 bits per heavy atom. The standard InChI is InChI=1S/C24H48N2.C16H32N2/c1-3-5-7-9-11-15-19-25-21-22-26(20-16-12-10-8-6-4-2)24-18-14-13-17-23(24)25;1-2-3-4-5-6-9-13-18-14-12-17-15-10-7-8-11-16(15)18/h23-24H,3-22H2,1-2H3;15-17H,2-14H2,1H3. The third-order valence-electron chi connectivity index (χ3n) is 11.7. The molecule has 4 nitrogen and oxygen atoms in total. The first-order valence-corrected chi connectivity index (χ1v) is 20.7. The van der Waals surface area contributed by atoms with Gasteiger partial charge in [-0.2, -0.15) is 0 Å². The summed E-state index contributed by atoms with van der Waals surface area (Å²) < 4.78 is 0. The molecule has 1 N–H and O–H groups in total. The molecule has 0 aromatic carbocycles. The Balaban J connectivity index is 0.000000257. The van der Waals surface area contributed by atoms with Gasteiger partial charge in [0.15, 0.2) is 0 Å². The summed E-state index contributed by atoms with van der Waals surface area (Å²) in [5.41, 5.74) is 0. The van der Waals surface area contributed by atoms with Crippen LogP contribution in [0.2, 0.25) is 0 Å². The average Bonchev–Trinajstić information content (AvgIpc) is 3.07. The quantitative estimate of drug-likeness (QED) is 0.130. The maximum absolute atomic E-state index is 3.73. The Labute approximate surface area is 277 Å². The van der Waals surface area contributed by atoms with Crippen molar-refractivity contribution in [1.29, 1.82) is 0 Å². The van der Waals surface area contributed by atoms with Gasteiger partial charge in [-0.15, -0.1) is 0 Å². The lowest BCUT2D eigenvalue weighted by Gasteiger charge is -2.50. The summed E-state index contributed by atoms with van der Waals surface area (Å²) in [5.74, 6) is 0. The van der Waals surface area contributed by atoms with Crippen molar-refractivity contribution in [2.45, 2.75) is 212 Å². The molecule has 0 spiro atoms. The van der Waals surface area contributed by atoms with Crippen LogP contribution in [-0.4, -0.2) is 84.7 Å². The third-order valence-corrected chi connectivity index (χ3v) is 11.7. The van der Waals surface area contributed by atoms with Crippen LogP contribution in [0.5, 0.6) is 0 Å². The van der Waals surface area contributed by atoms with Gasteiger partial charge in [0, 0.05) is 50.3 Å². The maximum Gasteiger partial charge on any atom is 0.0252 e.